The van der Waals surface area contributed by atoms with Gasteiger partial charge < -0.3 is 14.4 Å². The maximum absolute atomic E-state index is 12.3. The molecule has 0 spiro atoms. The molecule has 120 valence electrons. The third-order valence-electron chi connectivity index (χ3n) is 3.17. The molecule has 0 fully saturated rings. The van der Waals surface area contributed by atoms with Crippen molar-refractivity contribution in [3.8, 4) is 5.88 Å². The molecule has 6 heteroatoms. The molecule has 0 saturated heterocycles. The van der Waals surface area contributed by atoms with Crippen molar-refractivity contribution in [1.82, 2.24) is 9.88 Å². The van der Waals surface area contributed by atoms with E-state index in [9.17, 15) is 9.59 Å². The first-order chi connectivity index (χ1) is 11.0. The zero-order chi connectivity index (χ0) is 16.8. The first-order valence-electron chi connectivity index (χ1n) is 7.00. The van der Waals surface area contributed by atoms with E-state index in [1.165, 1.54) is 24.3 Å². The number of nitrogens with zero attached hydrogens (tertiary/aromatic N) is 2. The second-order valence-electron chi connectivity index (χ2n) is 5.02. The van der Waals surface area contributed by atoms with Crippen molar-refractivity contribution in [1.29, 1.82) is 0 Å². The highest BCUT2D eigenvalue weighted by atomic mass is 16.5. The summed E-state index contributed by atoms with van der Waals surface area (Å²) < 4.78 is 10.4. The van der Waals surface area contributed by atoms with Crippen molar-refractivity contribution in [2.75, 3.05) is 21.2 Å². The van der Waals surface area contributed by atoms with Gasteiger partial charge in [0.2, 0.25) is 12.0 Å². The lowest BCUT2D eigenvalue weighted by Crippen LogP contribution is -2.31. The fraction of sp³-hybridized carbons (Fsp3) is 0.235. The number of rotatable bonds is 5. The number of ether oxygens (including phenoxy) is 2. The van der Waals surface area contributed by atoms with Crippen molar-refractivity contribution in [2.45, 2.75) is 6.10 Å². The fourth-order valence-electron chi connectivity index (χ4n) is 1.92. The molecule has 1 aromatic carbocycles. The van der Waals surface area contributed by atoms with Crippen LogP contribution in [0.1, 0.15) is 22.0 Å². The van der Waals surface area contributed by atoms with Gasteiger partial charge in [-0.2, -0.15) is 0 Å². The minimum absolute atomic E-state index is 0.248. The predicted molar refractivity (Wildman–Crippen MR) is 84.1 cm³/mol. The summed E-state index contributed by atoms with van der Waals surface area (Å²) in [7, 11) is 4.71. The van der Waals surface area contributed by atoms with Gasteiger partial charge in [-0.25, -0.2) is 9.78 Å². The van der Waals surface area contributed by atoms with Gasteiger partial charge in [0.15, 0.2) is 0 Å². The zero-order valence-corrected chi connectivity index (χ0v) is 13.2. The van der Waals surface area contributed by atoms with Gasteiger partial charge in [0.05, 0.1) is 12.7 Å². The van der Waals surface area contributed by atoms with Crippen molar-refractivity contribution in [2.24, 2.45) is 0 Å². The van der Waals surface area contributed by atoms with Crippen molar-refractivity contribution >= 4 is 11.9 Å². The van der Waals surface area contributed by atoms with Crippen LogP contribution in [-0.4, -0.2) is 43.0 Å². The average molecular weight is 314 g/mol. The van der Waals surface area contributed by atoms with Gasteiger partial charge in [-0.05, 0) is 6.07 Å². The predicted octanol–water partition coefficient (Wildman–Crippen LogP) is 2.08. The number of aromatic nitrogens is 1. The number of carbonyl (C=O) groups excluding carboxylic acids is 2. The molecule has 1 aromatic heterocycles. The van der Waals surface area contributed by atoms with E-state index in [4.69, 9.17) is 9.47 Å². The first kappa shape index (κ1) is 16.5. The topological polar surface area (TPSA) is 68.7 Å². The van der Waals surface area contributed by atoms with Crippen LogP contribution in [0.4, 0.5) is 0 Å². The van der Waals surface area contributed by atoms with Crippen LogP contribution >= 0.6 is 0 Å². The first-order valence-corrected chi connectivity index (χ1v) is 7.00. The molecular formula is C17H18N2O4. The van der Waals surface area contributed by atoms with Crippen LogP contribution in [0.25, 0.3) is 0 Å². The van der Waals surface area contributed by atoms with E-state index < -0.39 is 12.1 Å². The van der Waals surface area contributed by atoms with Crippen LogP contribution in [0, 0.1) is 0 Å². The number of benzene rings is 1. The van der Waals surface area contributed by atoms with Gasteiger partial charge in [-0.1, -0.05) is 30.3 Å². The molecule has 1 amide bonds. The Morgan fingerprint density at radius 1 is 1.09 bits per heavy atom. The van der Waals surface area contributed by atoms with Crippen LogP contribution in [0.15, 0.2) is 48.7 Å². The van der Waals surface area contributed by atoms with Gasteiger partial charge in [-0.3, -0.25) is 4.79 Å². The molecule has 0 aliphatic heterocycles. The Labute approximate surface area is 134 Å². The second kappa shape index (κ2) is 7.40. The molecule has 23 heavy (non-hydrogen) atoms. The molecule has 0 bridgehead atoms. The minimum Gasteiger partial charge on any atom is -0.481 e. The Balaban J connectivity index is 2.23. The molecule has 0 radical (unpaired) electrons. The molecule has 0 unspecified atom stereocenters. The van der Waals surface area contributed by atoms with E-state index in [1.54, 1.807) is 44.4 Å². The summed E-state index contributed by atoms with van der Waals surface area (Å²) in [5, 5.41) is 0. The Hall–Kier alpha value is -2.89. The van der Waals surface area contributed by atoms with Gasteiger partial charge in [0.25, 0.3) is 5.91 Å². The normalized spacial score (nSPS) is 11.4. The van der Waals surface area contributed by atoms with Crippen LogP contribution in [0.2, 0.25) is 0 Å². The summed E-state index contributed by atoms with van der Waals surface area (Å²) in [6.45, 7) is 0. The average Bonchev–Trinajstić information content (AvgIpc) is 2.59. The highest BCUT2D eigenvalue weighted by Crippen LogP contribution is 2.21. The lowest BCUT2D eigenvalue weighted by atomic mass is 10.1. The van der Waals surface area contributed by atoms with Gasteiger partial charge >= 0.3 is 5.97 Å². The van der Waals surface area contributed by atoms with Crippen LogP contribution in [-0.2, 0) is 9.53 Å². The quantitative estimate of drug-likeness (QED) is 0.790. The lowest BCUT2D eigenvalue weighted by molar-refractivity contribution is -0.138. The number of carbonyl (C=O) groups is 2. The molecule has 0 N–H and O–H groups in total. The summed E-state index contributed by atoms with van der Waals surface area (Å²) in [5.74, 6) is -0.541. The van der Waals surface area contributed by atoms with Crippen molar-refractivity contribution < 1.29 is 19.1 Å². The molecule has 0 saturated carbocycles. The van der Waals surface area contributed by atoms with Crippen LogP contribution < -0.4 is 4.74 Å². The largest absolute Gasteiger partial charge is 0.481 e. The monoisotopic (exact) mass is 314 g/mol. The van der Waals surface area contributed by atoms with Gasteiger partial charge in [-0.15, -0.1) is 0 Å². The Morgan fingerprint density at radius 2 is 1.78 bits per heavy atom. The van der Waals surface area contributed by atoms with E-state index in [2.05, 4.69) is 4.98 Å². The Bertz CT molecular complexity index is 669. The van der Waals surface area contributed by atoms with Crippen molar-refractivity contribution in [3.05, 3.63) is 59.8 Å². The summed E-state index contributed by atoms with van der Waals surface area (Å²) in [4.78, 5) is 30.0. The smallest absolute Gasteiger partial charge is 0.340 e. The van der Waals surface area contributed by atoms with Crippen molar-refractivity contribution in [3.63, 3.8) is 0 Å². The molecule has 6 nitrogen and oxygen atoms in total. The fourth-order valence-corrected chi connectivity index (χ4v) is 1.92. The summed E-state index contributed by atoms with van der Waals surface area (Å²) in [6, 6.07) is 12.0. The van der Waals surface area contributed by atoms with Gasteiger partial charge in [0.1, 0.15) is 0 Å². The third kappa shape index (κ3) is 4.06. The number of pyridine rings is 1. The number of esters is 1. The third-order valence-corrected chi connectivity index (χ3v) is 3.17. The highest BCUT2D eigenvalue weighted by molar-refractivity contribution is 5.92. The zero-order valence-electron chi connectivity index (χ0n) is 13.2. The number of hydrogen-bond acceptors (Lipinski definition) is 5. The molecular weight excluding hydrogens is 296 g/mol. The highest BCUT2D eigenvalue weighted by Gasteiger charge is 2.27. The standard InChI is InChI=1S/C17H18N2O4/c1-19(2)16(20)15(12-7-5-4-6-8-12)23-17(21)13-9-10-14(22-3)18-11-13/h4-11,15H,1-3H3/t15-/m0/s1. The molecule has 0 aliphatic carbocycles. The molecule has 1 atom stereocenters. The maximum atomic E-state index is 12.3. The second-order valence-corrected chi connectivity index (χ2v) is 5.02. The van der Waals surface area contributed by atoms with E-state index in [0.717, 1.165) is 0 Å². The molecule has 0 aliphatic rings. The molecule has 2 rings (SSSR count). The lowest BCUT2D eigenvalue weighted by Gasteiger charge is -2.21. The molecule has 2 aromatic rings. The Morgan fingerprint density at radius 3 is 2.30 bits per heavy atom. The summed E-state index contributed by atoms with van der Waals surface area (Å²) in [5.41, 5.74) is 0.860. The summed E-state index contributed by atoms with van der Waals surface area (Å²) in [6.07, 6.45) is 0.351. The van der Waals surface area contributed by atoms with E-state index in [-0.39, 0.29) is 11.5 Å². The number of likely N-dealkylation sites (N-methyl/N-ethyl adjacent to an activating group) is 1. The number of methoxy groups -OCH3 is 1. The maximum Gasteiger partial charge on any atom is 0.340 e. The van der Waals surface area contributed by atoms with E-state index >= 15 is 0 Å². The van der Waals surface area contributed by atoms with E-state index in [0.29, 0.717) is 11.4 Å². The Kier molecular flexibility index (Phi) is 5.30. The SMILES string of the molecule is COc1ccc(C(=O)O[C@H](C(=O)N(C)C)c2ccccc2)cn1. The van der Waals surface area contributed by atoms with Crippen LogP contribution in [0.5, 0.6) is 5.88 Å². The van der Waals surface area contributed by atoms with Crippen LogP contribution in [0.3, 0.4) is 0 Å². The summed E-state index contributed by atoms with van der Waals surface area (Å²) >= 11 is 0. The molecule has 1 heterocycles. The number of hydrogen-bond donors (Lipinski definition) is 0. The minimum atomic E-state index is -0.999. The van der Waals surface area contributed by atoms with E-state index in [1.807, 2.05) is 6.07 Å². The van der Waals surface area contributed by atoms with Gasteiger partial charge in [0, 0.05) is 31.9 Å². The number of amides is 1.